The van der Waals surface area contributed by atoms with Gasteiger partial charge < -0.3 is 15.0 Å². The second-order valence-electron chi connectivity index (χ2n) is 9.04. The molecular formula is C28H28N4O3. The number of ether oxygens (including phenoxy) is 1. The second kappa shape index (κ2) is 9.43. The number of anilines is 1. The number of fused-ring (bicyclic) bond motifs is 3. The first-order valence-corrected chi connectivity index (χ1v) is 11.9. The standard InChI is InChI=1S/C28H28N4O3/c1-4-25(27(33)31-24-15-17(2)29-21-11-7-5-9-18(21)24)35-28(34)26-19-10-6-8-12-22(19)30-23-13-14-32(3)16-20(23)26/h5-12,15,25H,4,13-14,16H2,1-3H3,(H,29,31,33). The highest BCUT2D eigenvalue weighted by atomic mass is 16.5. The van der Waals surface area contributed by atoms with E-state index in [4.69, 9.17) is 9.72 Å². The molecule has 1 unspecified atom stereocenters. The summed E-state index contributed by atoms with van der Waals surface area (Å²) < 4.78 is 5.86. The van der Waals surface area contributed by atoms with E-state index >= 15 is 0 Å². The fourth-order valence-electron chi connectivity index (χ4n) is 4.69. The van der Waals surface area contributed by atoms with Crippen molar-refractivity contribution in [2.75, 3.05) is 18.9 Å². The SMILES string of the molecule is CCC(OC(=O)c1c2c(nc3ccccc13)CCN(C)C2)C(=O)Nc1cc(C)nc2ccccc12. The molecule has 0 radical (unpaired) electrons. The third-order valence-corrected chi connectivity index (χ3v) is 6.46. The first-order chi connectivity index (χ1) is 16.9. The third-order valence-electron chi connectivity index (χ3n) is 6.46. The van der Waals surface area contributed by atoms with Crippen molar-refractivity contribution < 1.29 is 14.3 Å². The van der Waals surface area contributed by atoms with E-state index in [-0.39, 0.29) is 5.91 Å². The molecule has 0 spiro atoms. The average Bonchev–Trinajstić information content (AvgIpc) is 2.85. The normalized spacial score (nSPS) is 14.5. The van der Waals surface area contributed by atoms with Gasteiger partial charge in [0.2, 0.25) is 0 Å². The van der Waals surface area contributed by atoms with E-state index < -0.39 is 12.1 Å². The molecule has 1 aliphatic heterocycles. The van der Waals surface area contributed by atoms with Crippen LogP contribution in [0.5, 0.6) is 0 Å². The van der Waals surface area contributed by atoms with Gasteiger partial charge in [-0.25, -0.2) is 4.79 Å². The topological polar surface area (TPSA) is 84.4 Å². The van der Waals surface area contributed by atoms with Gasteiger partial charge in [0, 0.05) is 47.2 Å². The number of rotatable bonds is 5. The van der Waals surface area contributed by atoms with Crippen LogP contribution in [0.1, 0.15) is 40.7 Å². The summed E-state index contributed by atoms with van der Waals surface area (Å²) in [5.41, 5.74) is 5.32. The quantitative estimate of drug-likeness (QED) is 0.429. The minimum absolute atomic E-state index is 0.352. The Morgan fingerprint density at radius 3 is 2.49 bits per heavy atom. The van der Waals surface area contributed by atoms with E-state index in [2.05, 4.69) is 15.2 Å². The fraction of sp³-hybridized carbons (Fsp3) is 0.286. The summed E-state index contributed by atoms with van der Waals surface area (Å²) >= 11 is 0. The molecule has 0 bridgehead atoms. The zero-order chi connectivity index (χ0) is 24.5. The molecule has 4 aromatic rings. The molecule has 1 amide bonds. The van der Waals surface area contributed by atoms with Crippen LogP contribution in [-0.4, -0.2) is 46.4 Å². The maximum atomic E-state index is 13.6. The molecule has 0 saturated carbocycles. The van der Waals surface area contributed by atoms with E-state index in [9.17, 15) is 9.59 Å². The second-order valence-corrected chi connectivity index (χ2v) is 9.04. The van der Waals surface area contributed by atoms with Crippen molar-refractivity contribution in [2.45, 2.75) is 39.3 Å². The lowest BCUT2D eigenvalue weighted by Gasteiger charge is -2.27. The minimum Gasteiger partial charge on any atom is -0.449 e. The van der Waals surface area contributed by atoms with Gasteiger partial charge in [0.1, 0.15) is 0 Å². The van der Waals surface area contributed by atoms with Crippen LogP contribution >= 0.6 is 0 Å². The number of hydrogen-bond acceptors (Lipinski definition) is 6. The maximum Gasteiger partial charge on any atom is 0.340 e. The molecule has 0 fully saturated rings. The zero-order valence-corrected chi connectivity index (χ0v) is 20.2. The van der Waals surface area contributed by atoms with Crippen LogP contribution in [0.15, 0.2) is 54.6 Å². The lowest BCUT2D eigenvalue weighted by molar-refractivity contribution is -0.124. The monoisotopic (exact) mass is 468 g/mol. The molecule has 35 heavy (non-hydrogen) atoms. The van der Waals surface area contributed by atoms with Crippen LogP contribution in [0.4, 0.5) is 5.69 Å². The smallest absolute Gasteiger partial charge is 0.340 e. The highest BCUT2D eigenvalue weighted by molar-refractivity contribution is 6.07. The van der Waals surface area contributed by atoms with Crippen molar-refractivity contribution in [3.63, 3.8) is 0 Å². The Morgan fingerprint density at radius 2 is 1.74 bits per heavy atom. The largest absolute Gasteiger partial charge is 0.449 e. The average molecular weight is 469 g/mol. The number of nitrogens with zero attached hydrogens (tertiary/aromatic N) is 3. The van der Waals surface area contributed by atoms with Crippen LogP contribution in [0.3, 0.4) is 0 Å². The van der Waals surface area contributed by atoms with Gasteiger partial charge in [-0.3, -0.25) is 14.8 Å². The number of aromatic nitrogens is 2. The summed E-state index contributed by atoms with van der Waals surface area (Å²) in [6.45, 7) is 5.21. The maximum absolute atomic E-state index is 13.6. The number of hydrogen-bond donors (Lipinski definition) is 1. The number of aryl methyl sites for hydroxylation is 1. The summed E-state index contributed by atoms with van der Waals surface area (Å²) in [6, 6.07) is 17.1. The summed E-state index contributed by atoms with van der Waals surface area (Å²) in [4.78, 5) is 38.3. The molecule has 0 saturated heterocycles. The highest BCUT2D eigenvalue weighted by Crippen LogP contribution is 2.29. The van der Waals surface area contributed by atoms with Crippen LogP contribution < -0.4 is 5.32 Å². The van der Waals surface area contributed by atoms with Crippen molar-refractivity contribution in [2.24, 2.45) is 0 Å². The van der Waals surface area contributed by atoms with Crippen molar-refractivity contribution in [1.82, 2.24) is 14.9 Å². The molecular weight excluding hydrogens is 440 g/mol. The summed E-state index contributed by atoms with van der Waals surface area (Å²) in [7, 11) is 2.02. The molecule has 7 heteroatoms. The van der Waals surface area contributed by atoms with Crippen LogP contribution in [-0.2, 0) is 22.5 Å². The van der Waals surface area contributed by atoms with Gasteiger partial charge >= 0.3 is 5.97 Å². The first-order valence-electron chi connectivity index (χ1n) is 11.9. The predicted molar refractivity (Wildman–Crippen MR) is 136 cm³/mol. The molecule has 1 aliphatic rings. The van der Waals surface area contributed by atoms with E-state index in [1.54, 1.807) is 0 Å². The van der Waals surface area contributed by atoms with Crippen LogP contribution in [0.2, 0.25) is 0 Å². The Balaban J connectivity index is 1.46. The fourth-order valence-corrected chi connectivity index (χ4v) is 4.69. The van der Waals surface area contributed by atoms with Gasteiger partial charge in [-0.1, -0.05) is 43.3 Å². The van der Waals surface area contributed by atoms with Gasteiger partial charge in [0.25, 0.3) is 5.91 Å². The Labute approximate surface area is 204 Å². The number of pyridine rings is 2. The van der Waals surface area contributed by atoms with Gasteiger partial charge in [0.15, 0.2) is 6.10 Å². The Hall–Kier alpha value is -3.84. The van der Waals surface area contributed by atoms with Crippen molar-refractivity contribution in [3.8, 4) is 0 Å². The number of benzene rings is 2. The minimum atomic E-state index is -0.932. The molecule has 1 N–H and O–H groups in total. The summed E-state index contributed by atoms with van der Waals surface area (Å²) in [5.74, 6) is -0.853. The Kier molecular flexibility index (Phi) is 6.17. The van der Waals surface area contributed by atoms with E-state index in [0.29, 0.717) is 24.2 Å². The number of likely N-dealkylation sites (N-methyl/N-ethyl adjacent to an activating group) is 1. The number of esters is 1. The lowest BCUT2D eigenvalue weighted by atomic mass is 9.96. The van der Waals surface area contributed by atoms with E-state index in [0.717, 1.165) is 51.7 Å². The number of amides is 1. The van der Waals surface area contributed by atoms with Gasteiger partial charge in [-0.15, -0.1) is 0 Å². The number of carbonyl (C=O) groups excluding carboxylic acids is 2. The molecule has 178 valence electrons. The molecule has 2 aromatic carbocycles. The Bertz CT molecular complexity index is 1450. The molecule has 7 nitrogen and oxygen atoms in total. The Morgan fingerprint density at radius 1 is 1.06 bits per heavy atom. The molecule has 1 atom stereocenters. The number of para-hydroxylation sites is 2. The zero-order valence-electron chi connectivity index (χ0n) is 20.2. The van der Waals surface area contributed by atoms with Gasteiger partial charge in [-0.05, 0) is 38.6 Å². The number of nitrogens with one attached hydrogen (secondary N) is 1. The molecule has 5 rings (SSSR count). The van der Waals surface area contributed by atoms with Crippen LogP contribution in [0, 0.1) is 6.92 Å². The highest BCUT2D eigenvalue weighted by Gasteiger charge is 2.29. The summed E-state index contributed by atoms with van der Waals surface area (Å²) in [6.07, 6.45) is 0.187. The molecule has 0 aliphatic carbocycles. The predicted octanol–water partition coefficient (Wildman–Crippen LogP) is 4.65. The van der Waals surface area contributed by atoms with Crippen molar-refractivity contribution in [3.05, 3.63) is 77.1 Å². The first kappa shape index (κ1) is 22.9. The molecule has 2 aromatic heterocycles. The van der Waals surface area contributed by atoms with Crippen molar-refractivity contribution in [1.29, 1.82) is 0 Å². The van der Waals surface area contributed by atoms with Gasteiger partial charge in [-0.2, -0.15) is 0 Å². The van der Waals surface area contributed by atoms with Crippen molar-refractivity contribution >= 4 is 39.4 Å². The third kappa shape index (κ3) is 4.47. The summed E-state index contributed by atoms with van der Waals surface area (Å²) in [5, 5.41) is 4.55. The van der Waals surface area contributed by atoms with Crippen LogP contribution in [0.25, 0.3) is 21.8 Å². The van der Waals surface area contributed by atoms with E-state index in [1.807, 2.05) is 75.5 Å². The van der Waals surface area contributed by atoms with Gasteiger partial charge in [0.05, 0.1) is 22.3 Å². The molecule has 3 heterocycles. The lowest BCUT2D eigenvalue weighted by Crippen LogP contribution is -2.34. The van der Waals surface area contributed by atoms with E-state index in [1.165, 1.54) is 0 Å². The number of carbonyl (C=O) groups is 2.